The van der Waals surface area contributed by atoms with Crippen LogP contribution in [-0.2, 0) is 15.3 Å². The van der Waals surface area contributed by atoms with E-state index in [9.17, 15) is 4.79 Å². The van der Waals surface area contributed by atoms with Gasteiger partial charge in [0.25, 0.3) is 0 Å². The molecule has 0 radical (unpaired) electrons. The fourth-order valence-electron chi connectivity index (χ4n) is 3.01. The molecule has 102 valence electrons. The minimum Gasteiger partial charge on any atom is -0.346 e. The van der Waals surface area contributed by atoms with Gasteiger partial charge in [0.15, 0.2) is 5.78 Å². The van der Waals surface area contributed by atoms with Crippen molar-refractivity contribution in [2.75, 3.05) is 14.2 Å². The van der Waals surface area contributed by atoms with E-state index in [0.29, 0.717) is 11.1 Å². The monoisotopic (exact) mass is 268 g/mol. The highest BCUT2D eigenvalue weighted by molar-refractivity contribution is 6.13. The molecule has 0 bridgehead atoms. The van der Waals surface area contributed by atoms with Crippen LogP contribution < -0.4 is 0 Å². The summed E-state index contributed by atoms with van der Waals surface area (Å²) in [6.45, 7) is 1.93. The van der Waals surface area contributed by atoms with Crippen molar-refractivity contribution in [3.8, 4) is 0 Å². The lowest BCUT2D eigenvalue weighted by Gasteiger charge is -2.38. The van der Waals surface area contributed by atoms with Crippen LogP contribution in [0.25, 0.3) is 0 Å². The zero-order valence-electron chi connectivity index (χ0n) is 11.8. The van der Waals surface area contributed by atoms with Crippen molar-refractivity contribution in [1.29, 1.82) is 0 Å². The van der Waals surface area contributed by atoms with Crippen LogP contribution in [0, 0.1) is 6.92 Å². The molecule has 20 heavy (non-hydrogen) atoms. The molecule has 0 unspecified atom stereocenters. The molecule has 0 atom stereocenters. The van der Waals surface area contributed by atoms with E-state index >= 15 is 0 Å². The SMILES string of the molecule is COC1(OC)c2ccccc2C(=O)c2c(C)cccc21. The van der Waals surface area contributed by atoms with E-state index in [1.165, 1.54) is 0 Å². The molecule has 3 nitrogen and oxygen atoms in total. The average molecular weight is 268 g/mol. The quantitative estimate of drug-likeness (QED) is 0.785. The Morgan fingerprint density at radius 2 is 1.55 bits per heavy atom. The van der Waals surface area contributed by atoms with Gasteiger partial charge < -0.3 is 9.47 Å². The van der Waals surface area contributed by atoms with Crippen LogP contribution >= 0.6 is 0 Å². The van der Waals surface area contributed by atoms with E-state index in [1.807, 2.05) is 49.4 Å². The Balaban J connectivity index is 2.42. The van der Waals surface area contributed by atoms with Crippen LogP contribution in [0.15, 0.2) is 42.5 Å². The van der Waals surface area contributed by atoms with Crippen LogP contribution in [-0.4, -0.2) is 20.0 Å². The van der Waals surface area contributed by atoms with Crippen LogP contribution in [0.4, 0.5) is 0 Å². The van der Waals surface area contributed by atoms with Crippen molar-refractivity contribution >= 4 is 5.78 Å². The first-order valence-electron chi connectivity index (χ1n) is 6.50. The molecule has 0 aromatic heterocycles. The second-order valence-corrected chi connectivity index (χ2v) is 4.90. The largest absolute Gasteiger partial charge is 0.346 e. The number of fused-ring (bicyclic) bond motifs is 2. The molecule has 0 aliphatic heterocycles. The van der Waals surface area contributed by atoms with Gasteiger partial charge in [-0.15, -0.1) is 0 Å². The van der Waals surface area contributed by atoms with Crippen molar-refractivity contribution in [3.63, 3.8) is 0 Å². The first kappa shape index (κ1) is 13.0. The Morgan fingerprint density at radius 3 is 2.25 bits per heavy atom. The molecule has 0 saturated heterocycles. The van der Waals surface area contributed by atoms with Crippen molar-refractivity contribution in [2.24, 2.45) is 0 Å². The molecule has 1 aliphatic carbocycles. The Labute approximate surface area is 118 Å². The van der Waals surface area contributed by atoms with Crippen molar-refractivity contribution < 1.29 is 14.3 Å². The molecular weight excluding hydrogens is 252 g/mol. The first-order valence-corrected chi connectivity index (χ1v) is 6.50. The summed E-state index contributed by atoms with van der Waals surface area (Å²) in [5.41, 5.74) is 3.77. The summed E-state index contributed by atoms with van der Waals surface area (Å²) in [6.07, 6.45) is 0. The summed E-state index contributed by atoms with van der Waals surface area (Å²) in [7, 11) is 3.20. The normalized spacial score (nSPS) is 15.7. The number of hydrogen-bond acceptors (Lipinski definition) is 3. The Morgan fingerprint density at radius 1 is 0.900 bits per heavy atom. The highest BCUT2D eigenvalue weighted by Gasteiger charge is 2.44. The summed E-state index contributed by atoms with van der Waals surface area (Å²) in [5.74, 6) is -0.996. The number of rotatable bonds is 2. The number of ketones is 1. The van der Waals surface area contributed by atoms with E-state index in [-0.39, 0.29) is 5.78 Å². The molecule has 1 aliphatic rings. The van der Waals surface area contributed by atoms with E-state index in [2.05, 4.69) is 0 Å². The molecular formula is C17H16O3. The second kappa shape index (κ2) is 4.54. The topological polar surface area (TPSA) is 35.5 Å². The van der Waals surface area contributed by atoms with E-state index in [1.54, 1.807) is 14.2 Å². The van der Waals surface area contributed by atoms with Crippen molar-refractivity contribution in [1.82, 2.24) is 0 Å². The van der Waals surface area contributed by atoms with Gasteiger partial charge in [-0.25, -0.2) is 0 Å². The molecule has 3 rings (SSSR count). The third-order valence-electron chi connectivity index (χ3n) is 3.96. The molecule has 0 amide bonds. The van der Waals surface area contributed by atoms with Gasteiger partial charge in [-0.05, 0) is 12.5 Å². The average Bonchev–Trinajstić information content (AvgIpc) is 2.49. The number of ether oxygens (including phenoxy) is 2. The molecule has 0 spiro atoms. The maximum atomic E-state index is 12.7. The van der Waals surface area contributed by atoms with E-state index in [4.69, 9.17) is 9.47 Å². The molecule has 0 saturated carbocycles. The third kappa shape index (κ3) is 1.51. The smallest absolute Gasteiger partial charge is 0.223 e. The van der Waals surface area contributed by atoms with Gasteiger partial charge in [0.2, 0.25) is 5.79 Å². The standard InChI is InChI=1S/C17H16O3/c1-11-7-6-10-14-15(11)16(18)12-8-4-5-9-13(12)17(14,19-2)20-3/h4-10H,1-3H3. The summed E-state index contributed by atoms with van der Waals surface area (Å²) < 4.78 is 11.4. The maximum absolute atomic E-state index is 12.7. The highest BCUT2D eigenvalue weighted by Crippen LogP contribution is 2.43. The zero-order valence-corrected chi connectivity index (χ0v) is 11.8. The predicted octanol–water partition coefficient (Wildman–Crippen LogP) is 3.03. The van der Waals surface area contributed by atoms with Crippen LogP contribution in [0.1, 0.15) is 32.6 Å². The van der Waals surface area contributed by atoms with Crippen LogP contribution in [0.2, 0.25) is 0 Å². The van der Waals surface area contributed by atoms with Crippen molar-refractivity contribution in [2.45, 2.75) is 12.7 Å². The van der Waals surface area contributed by atoms with E-state index in [0.717, 1.165) is 16.7 Å². The summed E-state index contributed by atoms with van der Waals surface area (Å²) >= 11 is 0. The van der Waals surface area contributed by atoms with Crippen LogP contribution in [0.3, 0.4) is 0 Å². The van der Waals surface area contributed by atoms with Gasteiger partial charge in [-0.3, -0.25) is 4.79 Å². The molecule has 3 heteroatoms. The van der Waals surface area contributed by atoms with Gasteiger partial charge in [-0.1, -0.05) is 42.5 Å². The number of carbonyl (C=O) groups is 1. The van der Waals surface area contributed by atoms with E-state index < -0.39 is 5.79 Å². The number of hydrogen-bond donors (Lipinski definition) is 0. The van der Waals surface area contributed by atoms with Gasteiger partial charge in [0.05, 0.1) is 0 Å². The molecule has 2 aromatic rings. The molecule has 0 heterocycles. The summed E-state index contributed by atoms with van der Waals surface area (Å²) in [4.78, 5) is 12.7. The summed E-state index contributed by atoms with van der Waals surface area (Å²) in [6, 6.07) is 13.2. The second-order valence-electron chi connectivity index (χ2n) is 4.90. The first-order chi connectivity index (χ1) is 9.65. The number of benzene rings is 2. The highest BCUT2D eigenvalue weighted by atomic mass is 16.7. The maximum Gasteiger partial charge on any atom is 0.223 e. The fraction of sp³-hybridized carbons (Fsp3) is 0.235. The number of aryl methyl sites for hydroxylation is 1. The van der Waals surface area contributed by atoms with Gasteiger partial charge in [-0.2, -0.15) is 0 Å². The minimum atomic E-state index is -1.02. The lowest BCUT2D eigenvalue weighted by atomic mass is 9.78. The van der Waals surface area contributed by atoms with Gasteiger partial charge >= 0.3 is 0 Å². The predicted molar refractivity (Wildman–Crippen MR) is 75.9 cm³/mol. The van der Waals surface area contributed by atoms with Crippen LogP contribution in [0.5, 0.6) is 0 Å². The Bertz CT molecular complexity index is 684. The summed E-state index contributed by atoms with van der Waals surface area (Å²) in [5, 5.41) is 0. The minimum absolute atomic E-state index is 0.0263. The Hall–Kier alpha value is -1.97. The van der Waals surface area contributed by atoms with Gasteiger partial charge in [0, 0.05) is 36.5 Å². The molecule has 2 aromatic carbocycles. The third-order valence-corrected chi connectivity index (χ3v) is 3.96. The number of carbonyl (C=O) groups excluding carboxylic acids is 1. The number of methoxy groups -OCH3 is 2. The zero-order chi connectivity index (χ0) is 14.3. The molecule has 0 fully saturated rings. The molecule has 0 N–H and O–H groups in total. The van der Waals surface area contributed by atoms with Gasteiger partial charge in [0.1, 0.15) is 0 Å². The fourth-order valence-corrected chi connectivity index (χ4v) is 3.01. The lowest BCUT2D eigenvalue weighted by Crippen LogP contribution is -2.39. The lowest BCUT2D eigenvalue weighted by molar-refractivity contribution is -0.185. The Kier molecular flexibility index (Phi) is 2.96. The van der Waals surface area contributed by atoms with Crippen molar-refractivity contribution in [3.05, 3.63) is 70.3 Å².